The quantitative estimate of drug-likeness (QED) is 0.504. The fraction of sp³-hybridized carbons (Fsp3) is 0.150. The van der Waals surface area contributed by atoms with E-state index in [1.54, 1.807) is 37.3 Å². The monoisotopic (exact) mass is 399 g/mol. The lowest BCUT2D eigenvalue weighted by molar-refractivity contribution is -0.119. The molecule has 2 aromatic carbocycles. The maximum Gasteiger partial charge on any atom is 0.339 e. The van der Waals surface area contributed by atoms with Gasteiger partial charge in [0.25, 0.3) is 5.91 Å². The van der Waals surface area contributed by atoms with Crippen molar-refractivity contribution in [2.75, 3.05) is 18.2 Å². The summed E-state index contributed by atoms with van der Waals surface area (Å²) in [7, 11) is 0. The van der Waals surface area contributed by atoms with E-state index < -0.39 is 18.5 Å². The summed E-state index contributed by atoms with van der Waals surface area (Å²) < 4.78 is 19.8. The smallest absolute Gasteiger partial charge is 0.339 e. The maximum absolute atomic E-state index is 13.1. The van der Waals surface area contributed by atoms with E-state index in [-0.39, 0.29) is 5.82 Å². The first-order valence-electron chi connectivity index (χ1n) is 8.40. The predicted molar refractivity (Wildman–Crippen MR) is 105 cm³/mol. The third kappa shape index (κ3) is 4.58. The van der Waals surface area contributed by atoms with Crippen molar-refractivity contribution in [1.82, 2.24) is 9.78 Å². The van der Waals surface area contributed by atoms with Crippen LogP contribution in [0.2, 0.25) is 0 Å². The van der Waals surface area contributed by atoms with Crippen molar-refractivity contribution in [1.29, 1.82) is 0 Å². The predicted octanol–water partition coefficient (Wildman–Crippen LogP) is 3.84. The summed E-state index contributed by atoms with van der Waals surface area (Å²) in [5, 5.41) is 6.96. The van der Waals surface area contributed by atoms with E-state index in [2.05, 4.69) is 10.4 Å². The first-order chi connectivity index (χ1) is 13.5. The number of anilines is 1. The van der Waals surface area contributed by atoms with Crippen LogP contribution in [-0.2, 0) is 9.53 Å². The van der Waals surface area contributed by atoms with E-state index in [1.807, 2.05) is 18.4 Å². The van der Waals surface area contributed by atoms with Crippen LogP contribution in [0.1, 0.15) is 16.1 Å². The zero-order chi connectivity index (χ0) is 20.1. The second-order valence-corrected chi connectivity index (χ2v) is 6.73. The second kappa shape index (κ2) is 8.71. The number of thioether (sulfide) groups is 1. The molecule has 1 heterocycles. The van der Waals surface area contributed by atoms with Crippen LogP contribution in [0.5, 0.6) is 0 Å². The molecule has 0 bridgehead atoms. The number of carbonyl (C=O) groups excluding carboxylic acids is 2. The molecular formula is C20H18FN3O3S. The van der Waals surface area contributed by atoms with Crippen molar-refractivity contribution < 1.29 is 18.7 Å². The molecule has 0 spiro atoms. The van der Waals surface area contributed by atoms with Crippen molar-refractivity contribution in [3.63, 3.8) is 0 Å². The molecule has 1 amide bonds. The van der Waals surface area contributed by atoms with E-state index in [9.17, 15) is 14.0 Å². The van der Waals surface area contributed by atoms with Crippen molar-refractivity contribution >= 4 is 29.5 Å². The van der Waals surface area contributed by atoms with Gasteiger partial charge in [0.05, 0.1) is 16.9 Å². The number of esters is 1. The van der Waals surface area contributed by atoms with Gasteiger partial charge in [-0.25, -0.2) is 13.9 Å². The number of benzene rings is 2. The van der Waals surface area contributed by atoms with Crippen LogP contribution in [-0.4, -0.2) is 34.5 Å². The van der Waals surface area contributed by atoms with Gasteiger partial charge in [0.1, 0.15) is 11.6 Å². The molecule has 0 radical (unpaired) electrons. The van der Waals surface area contributed by atoms with Crippen LogP contribution < -0.4 is 5.32 Å². The lowest BCUT2D eigenvalue weighted by Gasteiger charge is -2.10. The first kappa shape index (κ1) is 19.6. The molecular weight excluding hydrogens is 381 g/mol. The Bertz CT molecular complexity index is 1000. The molecule has 1 N–H and O–H groups in total. The van der Waals surface area contributed by atoms with Gasteiger partial charge in [-0.05, 0) is 49.6 Å². The Hall–Kier alpha value is -3.13. The van der Waals surface area contributed by atoms with Crippen molar-refractivity contribution in [3.05, 3.63) is 71.7 Å². The number of aryl methyl sites for hydroxylation is 1. The highest BCUT2D eigenvalue weighted by Gasteiger charge is 2.16. The van der Waals surface area contributed by atoms with Gasteiger partial charge < -0.3 is 10.1 Å². The van der Waals surface area contributed by atoms with E-state index >= 15 is 0 Å². The van der Waals surface area contributed by atoms with Crippen LogP contribution in [0.25, 0.3) is 5.69 Å². The number of hydrogen-bond donors (Lipinski definition) is 1. The molecule has 28 heavy (non-hydrogen) atoms. The maximum atomic E-state index is 13.1. The zero-order valence-corrected chi connectivity index (χ0v) is 16.1. The van der Waals surface area contributed by atoms with Crippen LogP contribution in [0, 0.1) is 12.7 Å². The molecule has 0 saturated heterocycles. The van der Waals surface area contributed by atoms with Crippen molar-refractivity contribution in [2.45, 2.75) is 11.8 Å². The number of amides is 1. The fourth-order valence-corrected chi connectivity index (χ4v) is 3.15. The summed E-state index contributed by atoms with van der Waals surface area (Å²) in [6.07, 6.45) is 1.86. The molecule has 144 valence electrons. The SMILES string of the molecule is CSc1ccccc1C(=O)OCC(=O)Nc1cc(C)nn1-c1ccc(F)cc1. The van der Waals surface area contributed by atoms with E-state index in [4.69, 9.17) is 4.74 Å². The van der Waals surface area contributed by atoms with Gasteiger partial charge in [-0.1, -0.05) is 12.1 Å². The lowest BCUT2D eigenvalue weighted by Crippen LogP contribution is -2.22. The molecule has 6 nitrogen and oxygen atoms in total. The van der Waals surface area contributed by atoms with Gasteiger partial charge in [-0.2, -0.15) is 5.10 Å². The van der Waals surface area contributed by atoms with Gasteiger partial charge in [-0.15, -0.1) is 11.8 Å². The number of nitrogens with one attached hydrogen (secondary N) is 1. The van der Waals surface area contributed by atoms with Crippen LogP contribution >= 0.6 is 11.8 Å². The Morgan fingerprint density at radius 3 is 2.61 bits per heavy atom. The lowest BCUT2D eigenvalue weighted by atomic mass is 10.2. The average molecular weight is 399 g/mol. The van der Waals surface area contributed by atoms with Gasteiger partial charge >= 0.3 is 5.97 Å². The zero-order valence-electron chi connectivity index (χ0n) is 15.3. The van der Waals surface area contributed by atoms with E-state index in [0.717, 1.165) is 4.90 Å². The van der Waals surface area contributed by atoms with Crippen molar-refractivity contribution in [3.8, 4) is 5.69 Å². The minimum absolute atomic E-state index is 0.365. The molecule has 1 aromatic heterocycles. The minimum atomic E-state index is -0.566. The van der Waals surface area contributed by atoms with Crippen LogP contribution in [0.15, 0.2) is 59.5 Å². The Kier molecular flexibility index (Phi) is 6.10. The topological polar surface area (TPSA) is 73.2 Å². The number of aromatic nitrogens is 2. The van der Waals surface area contributed by atoms with Crippen molar-refractivity contribution in [2.24, 2.45) is 0 Å². The largest absolute Gasteiger partial charge is 0.452 e. The molecule has 0 aliphatic rings. The first-order valence-corrected chi connectivity index (χ1v) is 9.63. The highest BCUT2D eigenvalue weighted by Crippen LogP contribution is 2.21. The molecule has 0 saturated carbocycles. The Morgan fingerprint density at radius 2 is 1.89 bits per heavy atom. The van der Waals surface area contributed by atoms with Gasteiger partial charge in [0.2, 0.25) is 0 Å². The molecule has 0 aliphatic carbocycles. The average Bonchev–Trinajstić information content (AvgIpc) is 3.06. The number of hydrogen-bond acceptors (Lipinski definition) is 5. The van der Waals surface area contributed by atoms with E-state index in [0.29, 0.717) is 22.8 Å². The summed E-state index contributed by atoms with van der Waals surface area (Å²) in [4.78, 5) is 25.3. The number of halogens is 1. The Morgan fingerprint density at radius 1 is 1.18 bits per heavy atom. The number of rotatable bonds is 6. The van der Waals surface area contributed by atoms with E-state index in [1.165, 1.54) is 28.6 Å². The summed E-state index contributed by atoms with van der Waals surface area (Å²) in [6.45, 7) is 1.34. The van der Waals surface area contributed by atoms with Crippen LogP contribution in [0.3, 0.4) is 0 Å². The molecule has 8 heteroatoms. The second-order valence-electron chi connectivity index (χ2n) is 5.88. The fourth-order valence-electron chi connectivity index (χ4n) is 2.57. The Balaban J connectivity index is 1.67. The van der Waals surface area contributed by atoms with Gasteiger partial charge in [0, 0.05) is 11.0 Å². The molecule has 0 aliphatic heterocycles. The molecule has 0 atom stereocenters. The molecule has 0 fully saturated rings. The third-order valence-electron chi connectivity index (χ3n) is 3.83. The number of nitrogens with zero attached hydrogens (tertiary/aromatic N) is 2. The molecule has 3 aromatic rings. The highest BCUT2D eigenvalue weighted by atomic mass is 32.2. The summed E-state index contributed by atoms with van der Waals surface area (Å²) in [6, 6.07) is 14.4. The normalized spacial score (nSPS) is 10.5. The number of ether oxygens (including phenoxy) is 1. The molecule has 0 unspecified atom stereocenters. The minimum Gasteiger partial charge on any atom is -0.452 e. The standard InChI is InChI=1S/C20H18FN3O3S/c1-13-11-18(24(23-13)15-9-7-14(21)8-10-15)22-19(25)12-27-20(26)16-5-3-4-6-17(16)28-2/h3-11H,12H2,1-2H3,(H,22,25). The van der Waals surface area contributed by atoms with Gasteiger partial charge in [-0.3, -0.25) is 4.79 Å². The summed E-state index contributed by atoms with van der Waals surface area (Å²) in [5.41, 5.74) is 1.68. The summed E-state index contributed by atoms with van der Waals surface area (Å²) >= 11 is 1.42. The van der Waals surface area contributed by atoms with Crippen LogP contribution in [0.4, 0.5) is 10.2 Å². The van der Waals surface area contributed by atoms with Gasteiger partial charge in [0.15, 0.2) is 6.61 Å². The Labute approximate surface area is 165 Å². The molecule has 3 rings (SSSR count). The highest BCUT2D eigenvalue weighted by molar-refractivity contribution is 7.98. The number of carbonyl (C=O) groups is 2. The summed E-state index contributed by atoms with van der Waals surface area (Å²) in [5.74, 6) is -1.04. The third-order valence-corrected chi connectivity index (χ3v) is 4.63.